The minimum Gasteiger partial charge on any atom is -0.480 e. The van der Waals surface area contributed by atoms with Crippen LogP contribution >= 0.6 is 0 Å². The van der Waals surface area contributed by atoms with Crippen LogP contribution in [0.1, 0.15) is 20.3 Å². The molecule has 0 radical (unpaired) electrons. The van der Waals surface area contributed by atoms with Crippen LogP contribution in [-0.2, 0) is 4.79 Å². The van der Waals surface area contributed by atoms with Gasteiger partial charge in [-0.3, -0.25) is 4.79 Å². The Morgan fingerprint density at radius 3 is 2.10 bits per heavy atom. The fourth-order valence-corrected chi connectivity index (χ4v) is 0.609. The molecule has 0 aromatic rings. The Kier molecular flexibility index (Phi) is 8.73. The fraction of sp³-hybridized carbons (Fsp3) is 0.833. The minimum atomic E-state index is -0.913. The van der Waals surface area contributed by atoms with Crippen LogP contribution in [0.15, 0.2) is 0 Å². The molecule has 0 amide bonds. The summed E-state index contributed by atoms with van der Waals surface area (Å²) in [6.07, 6.45) is 0.551. The summed E-state index contributed by atoms with van der Waals surface area (Å²) in [6, 6.07) is -0.690. The number of rotatable bonds is 3. The third-order valence-corrected chi connectivity index (χ3v) is 1.04. The first kappa shape index (κ1) is 13.4. The third kappa shape index (κ3) is 6.92. The fourth-order valence-electron chi connectivity index (χ4n) is 0.609. The summed E-state index contributed by atoms with van der Waals surface area (Å²) in [5.41, 5.74) is 5.22. The Morgan fingerprint density at radius 1 is 1.60 bits per heavy atom. The number of nitrogens with two attached hydrogens (primary N) is 1. The van der Waals surface area contributed by atoms with Crippen molar-refractivity contribution in [2.75, 3.05) is 0 Å². The van der Waals surface area contributed by atoms with Gasteiger partial charge in [0.25, 0.3) is 0 Å². The minimum absolute atomic E-state index is 0. The van der Waals surface area contributed by atoms with Crippen molar-refractivity contribution in [1.29, 1.82) is 0 Å². The van der Waals surface area contributed by atoms with Gasteiger partial charge in [-0.2, -0.15) is 0 Å². The quantitative estimate of drug-likeness (QED) is 0.783. The van der Waals surface area contributed by atoms with Crippen LogP contribution < -0.4 is 5.73 Å². The molecule has 0 unspecified atom stereocenters. The molecular weight excluding hydrogens is 258 g/mol. The summed E-state index contributed by atoms with van der Waals surface area (Å²) < 4.78 is 0. The SMILES string of the molecule is CC(C)C[C@H](N)C(=O)O.[Ce]. The van der Waals surface area contributed by atoms with E-state index in [0.717, 1.165) is 0 Å². The zero-order valence-corrected chi connectivity index (χ0v) is 9.43. The first-order chi connectivity index (χ1) is 4.04. The Morgan fingerprint density at radius 2 is 2.00 bits per heavy atom. The average molecular weight is 271 g/mol. The van der Waals surface area contributed by atoms with Gasteiger partial charge >= 0.3 is 5.97 Å². The molecule has 0 aromatic carbocycles. The zero-order valence-electron chi connectivity index (χ0n) is 6.29. The molecule has 3 nitrogen and oxygen atoms in total. The molecule has 0 rings (SSSR count). The number of carboxylic acids is 1. The molecule has 0 aliphatic carbocycles. The van der Waals surface area contributed by atoms with Gasteiger partial charge in [0.1, 0.15) is 6.04 Å². The number of hydrogen-bond acceptors (Lipinski definition) is 2. The van der Waals surface area contributed by atoms with E-state index < -0.39 is 12.0 Å². The van der Waals surface area contributed by atoms with Crippen molar-refractivity contribution < 1.29 is 51.6 Å². The van der Waals surface area contributed by atoms with E-state index in [0.29, 0.717) is 12.3 Å². The normalized spacial score (nSPS) is 12.4. The molecule has 0 heterocycles. The predicted octanol–water partition coefficient (Wildman–Crippen LogP) is 0.444. The van der Waals surface area contributed by atoms with Crippen LogP contribution in [-0.4, -0.2) is 17.1 Å². The van der Waals surface area contributed by atoms with Gasteiger partial charge in [0, 0.05) is 41.7 Å². The predicted molar refractivity (Wildman–Crippen MR) is 35.1 cm³/mol. The Labute approximate surface area is 94.7 Å². The number of aliphatic carboxylic acids is 1. The summed E-state index contributed by atoms with van der Waals surface area (Å²) in [5.74, 6) is -0.556. The summed E-state index contributed by atoms with van der Waals surface area (Å²) in [4.78, 5) is 10.1. The first-order valence-electron chi connectivity index (χ1n) is 3.02. The number of carbonyl (C=O) groups is 1. The second-order valence-electron chi connectivity index (χ2n) is 2.57. The summed E-state index contributed by atoms with van der Waals surface area (Å²) in [5, 5.41) is 8.31. The van der Waals surface area contributed by atoms with Crippen molar-refractivity contribution in [3.8, 4) is 0 Å². The smallest absolute Gasteiger partial charge is 0.320 e. The van der Waals surface area contributed by atoms with Crippen LogP contribution in [0.25, 0.3) is 0 Å². The molecule has 0 aliphatic heterocycles. The number of carboxylic acid groups (broad SMARTS) is 1. The van der Waals surface area contributed by atoms with Crippen molar-refractivity contribution >= 4 is 5.97 Å². The molecule has 0 aliphatic rings. The molecule has 0 bridgehead atoms. The number of hydrogen-bond donors (Lipinski definition) is 2. The zero-order chi connectivity index (χ0) is 7.44. The van der Waals surface area contributed by atoms with Crippen LogP contribution in [0.4, 0.5) is 0 Å². The molecule has 0 spiro atoms. The molecule has 10 heavy (non-hydrogen) atoms. The second-order valence-corrected chi connectivity index (χ2v) is 2.57. The molecule has 0 saturated carbocycles. The van der Waals surface area contributed by atoms with E-state index in [1.807, 2.05) is 13.8 Å². The molecule has 3 N–H and O–H groups in total. The molecule has 1 atom stereocenters. The monoisotopic (exact) mass is 271 g/mol. The molecule has 4 heteroatoms. The van der Waals surface area contributed by atoms with Crippen molar-refractivity contribution in [3.63, 3.8) is 0 Å². The summed E-state index contributed by atoms with van der Waals surface area (Å²) >= 11 is 0. The molecule has 0 aromatic heterocycles. The average Bonchev–Trinajstić information content (AvgIpc) is 1.63. The standard InChI is InChI=1S/C6H13NO2.Ce/c1-4(2)3-5(7)6(8)9;/h4-5H,3,7H2,1-2H3,(H,8,9);/t5-;/m0./s1. The van der Waals surface area contributed by atoms with E-state index in [2.05, 4.69) is 0 Å². The van der Waals surface area contributed by atoms with Crippen LogP contribution in [0, 0.1) is 47.7 Å². The first-order valence-corrected chi connectivity index (χ1v) is 3.02. The van der Waals surface area contributed by atoms with Gasteiger partial charge in [0.05, 0.1) is 0 Å². The maximum absolute atomic E-state index is 10.1. The Balaban J connectivity index is 0. The van der Waals surface area contributed by atoms with E-state index in [4.69, 9.17) is 10.8 Å². The topological polar surface area (TPSA) is 63.3 Å². The van der Waals surface area contributed by atoms with Gasteiger partial charge < -0.3 is 10.8 Å². The summed E-state index contributed by atoms with van der Waals surface area (Å²) in [6.45, 7) is 3.89. The largest absolute Gasteiger partial charge is 0.480 e. The molecule has 58 valence electrons. The van der Waals surface area contributed by atoms with Crippen LogP contribution in [0.5, 0.6) is 0 Å². The van der Waals surface area contributed by atoms with Crippen molar-refractivity contribution in [1.82, 2.24) is 0 Å². The molecule has 0 saturated heterocycles. The van der Waals surface area contributed by atoms with Gasteiger partial charge in [0.15, 0.2) is 0 Å². The van der Waals surface area contributed by atoms with Crippen molar-refractivity contribution in [2.24, 2.45) is 11.7 Å². The molecule has 0 fully saturated rings. The molecular formula is C6H13CeNO2. The van der Waals surface area contributed by atoms with Gasteiger partial charge in [0.2, 0.25) is 0 Å². The van der Waals surface area contributed by atoms with Gasteiger partial charge in [-0.1, -0.05) is 13.8 Å². The third-order valence-electron chi connectivity index (χ3n) is 1.04. The van der Waals surface area contributed by atoms with E-state index in [1.54, 1.807) is 0 Å². The van der Waals surface area contributed by atoms with Gasteiger partial charge in [-0.15, -0.1) is 0 Å². The van der Waals surface area contributed by atoms with Gasteiger partial charge in [-0.05, 0) is 12.3 Å². The maximum atomic E-state index is 10.1. The maximum Gasteiger partial charge on any atom is 0.320 e. The van der Waals surface area contributed by atoms with Crippen molar-refractivity contribution in [2.45, 2.75) is 26.3 Å². The van der Waals surface area contributed by atoms with Crippen LogP contribution in [0.2, 0.25) is 0 Å². The summed E-state index contributed by atoms with van der Waals surface area (Å²) in [7, 11) is 0. The van der Waals surface area contributed by atoms with Gasteiger partial charge in [-0.25, -0.2) is 0 Å². The van der Waals surface area contributed by atoms with E-state index >= 15 is 0 Å². The Bertz CT molecular complexity index is 106. The van der Waals surface area contributed by atoms with E-state index in [9.17, 15) is 4.79 Å². The van der Waals surface area contributed by atoms with Crippen LogP contribution in [0.3, 0.4) is 0 Å². The van der Waals surface area contributed by atoms with E-state index in [-0.39, 0.29) is 41.7 Å². The van der Waals surface area contributed by atoms with E-state index in [1.165, 1.54) is 0 Å². The second kappa shape index (κ2) is 6.51. The van der Waals surface area contributed by atoms with Crippen molar-refractivity contribution in [3.05, 3.63) is 0 Å². The Hall–Kier alpha value is 0.807.